The molecule has 6 aromatic carbocycles. The van der Waals surface area contributed by atoms with Gasteiger partial charge in [-0.2, -0.15) is 0 Å². The summed E-state index contributed by atoms with van der Waals surface area (Å²) in [6.45, 7) is 6.65. The molecule has 0 aliphatic carbocycles. The molecule has 0 atom stereocenters. The van der Waals surface area contributed by atoms with E-state index in [4.69, 9.17) is 24.4 Å². The number of para-hydroxylation sites is 3. The minimum absolute atomic E-state index is 0.0384. The highest BCUT2D eigenvalue weighted by Gasteiger charge is 2.19. The summed E-state index contributed by atoms with van der Waals surface area (Å²) in [7, 11) is 0. The van der Waals surface area contributed by atoms with Gasteiger partial charge in [0.15, 0.2) is 17.5 Å². The van der Waals surface area contributed by atoms with Crippen molar-refractivity contribution < 1.29 is 4.42 Å². The second-order valence-corrected chi connectivity index (χ2v) is 14.7. The Morgan fingerprint density at radius 2 is 1.09 bits per heavy atom. The van der Waals surface area contributed by atoms with Crippen LogP contribution in [0.3, 0.4) is 0 Å². The Bertz CT molecular complexity index is 3020. The Labute approximate surface area is 312 Å². The van der Waals surface area contributed by atoms with Crippen LogP contribution in [0.15, 0.2) is 162 Å². The van der Waals surface area contributed by atoms with Crippen LogP contribution >= 0.6 is 0 Å². The van der Waals surface area contributed by atoms with Gasteiger partial charge in [-0.25, -0.2) is 19.9 Å². The van der Waals surface area contributed by atoms with Crippen LogP contribution in [0.2, 0.25) is 0 Å². The van der Waals surface area contributed by atoms with E-state index in [0.29, 0.717) is 23.2 Å². The Kier molecular flexibility index (Phi) is 7.27. The minimum Gasteiger partial charge on any atom is -0.455 e. The van der Waals surface area contributed by atoms with Gasteiger partial charge in [0, 0.05) is 38.2 Å². The number of benzene rings is 6. The van der Waals surface area contributed by atoms with Crippen LogP contribution in [0.4, 0.5) is 0 Å². The predicted molar refractivity (Wildman–Crippen MR) is 220 cm³/mol. The van der Waals surface area contributed by atoms with Gasteiger partial charge in [-0.05, 0) is 46.9 Å². The van der Waals surface area contributed by atoms with E-state index in [9.17, 15) is 0 Å². The number of fused-ring (bicyclic) bond motifs is 6. The summed E-state index contributed by atoms with van der Waals surface area (Å²) in [5.41, 5.74) is 9.79. The average Bonchev–Trinajstić information content (AvgIpc) is 3.76. The first-order valence-electron chi connectivity index (χ1n) is 18.2. The predicted octanol–water partition coefficient (Wildman–Crippen LogP) is 12.2. The fourth-order valence-corrected chi connectivity index (χ4v) is 7.49. The van der Waals surface area contributed by atoms with Crippen LogP contribution in [-0.2, 0) is 5.41 Å². The zero-order valence-electron chi connectivity index (χ0n) is 30.2. The summed E-state index contributed by atoms with van der Waals surface area (Å²) in [6.07, 6.45) is 0. The van der Waals surface area contributed by atoms with Crippen LogP contribution in [0.25, 0.3) is 95.0 Å². The first kappa shape index (κ1) is 31.8. The van der Waals surface area contributed by atoms with Crippen molar-refractivity contribution in [3.05, 3.63) is 163 Å². The summed E-state index contributed by atoms with van der Waals surface area (Å²) in [5.74, 6) is 2.49. The standard InChI is InChI=1S/C48H35N5O/c1-48(2,3)33-26-23-31(24-27-33)46-50-45(30-13-5-4-6-14-30)51-47(52-46)39-19-12-22-43(49-39)53-40-20-9-7-15-35(40)36-28-25-32(29-41(36)53)34-17-11-18-38-37-16-8-10-21-42(37)54-44(34)38/h4-29H,1-3H3. The molecular formula is C48H35N5O. The third kappa shape index (κ3) is 5.34. The monoisotopic (exact) mass is 697 g/mol. The molecule has 0 unspecified atom stereocenters. The molecule has 0 aliphatic rings. The SMILES string of the molecule is CC(C)(C)c1ccc(-c2nc(-c3ccccc3)nc(-c3cccc(-n4c5ccccc5c5ccc(-c6cccc7c6oc6ccccc67)cc54)n3)n2)cc1. The lowest BCUT2D eigenvalue weighted by molar-refractivity contribution is 0.590. The normalized spacial score (nSPS) is 12.0. The van der Waals surface area contributed by atoms with E-state index in [1.807, 2.05) is 60.7 Å². The number of rotatable bonds is 5. The lowest BCUT2D eigenvalue weighted by Crippen LogP contribution is -2.10. The van der Waals surface area contributed by atoms with Gasteiger partial charge in [0.1, 0.15) is 22.7 Å². The van der Waals surface area contributed by atoms with Crippen LogP contribution in [0.1, 0.15) is 26.3 Å². The zero-order valence-corrected chi connectivity index (χ0v) is 30.2. The largest absolute Gasteiger partial charge is 0.455 e. The van der Waals surface area contributed by atoms with Gasteiger partial charge in [0.2, 0.25) is 0 Å². The van der Waals surface area contributed by atoms with E-state index in [1.165, 1.54) is 5.56 Å². The lowest BCUT2D eigenvalue weighted by atomic mass is 9.87. The van der Waals surface area contributed by atoms with E-state index in [-0.39, 0.29) is 5.41 Å². The summed E-state index contributed by atoms with van der Waals surface area (Å²) in [6, 6.07) is 54.3. The van der Waals surface area contributed by atoms with Crippen molar-refractivity contribution in [2.24, 2.45) is 0 Å². The van der Waals surface area contributed by atoms with E-state index < -0.39 is 0 Å². The number of hydrogen-bond acceptors (Lipinski definition) is 5. The molecule has 0 N–H and O–H groups in total. The fourth-order valence-electron chi connectivity index (χ4n) is 7.49. The van der Waals surface area contributed by atoms with Crippen molar-refractivity contribution in [3.8, 4) is 51.2 Å². The molecule has 4 heterocycles. The summed E-state index contributed by atoms with van der Waals surface area (Å²) < 4.78 is 8.69. The van der Waals surface area contributed by atoms with E-state index in [0.717, 1.165) is 71.8 Å². The van der Waals surface area contributed by atoms with Crippen molar-refractivity contribution in [2.75, 3.05) is 0 Å². The molecule has 6 nitrogen and oxygen atoms in total. The van der Waals surface area contributed by atoms with Crippen molar-refractivity contribution in [2.45, 2.75) is 26.2 Å². The summed E-state index contributed by atoms with van der Waals surface area (Å²) >= 11 is 0. The molecule has 0 aliphatic heterocycles. The maximum Gasteiger partial charge on any atom is 0.182 e. The first-order valence-corrected chi connectivity index (χ1v) is 18.2. The second kappa shape index (κ2) is 12.3. The topological polar surface area (TPSA) is 69.6 Å². The number of pyridine rings is 1. The van der Waals surface area contributed by atoms with Crippen LogP contribution < -0.4 is 0 Å². The average molecular weight is 698 g/mol. The second-order valence-electron chi connectivity index (χ2n) is 14.7. The molecule has 0 saturated heterocycles. The lowest BCUT2D eigenvalue weighted by Gasteiger charge is -2.19. The molecule has 4 aromatic heterocycles. The zero-order chi connectivity index (χ0) is 36.4. The van der Waals surface area contributed by atoms with E-state index in [1.54, 1.807) is 0 Å². The van der Waals surface area contributed by atoms with Gasteiger partial charge < -0.3 is 4.42 Å². The molecule has 6 heteroatoms. The van der Waals surface area contributed by atoms with E-state index >= 15 is 0 Å². The van der Waals surface area contributed by atoms with Crippen LogP contribution in [0, 0.1) is 0 Å². The number of furan rings is 1. The summed E-state index contributed by atoms with van der Waals surface area (Å²) in [4.78, 5) is 20.3. The van der Waals surface area contributed by atoms with Gasteiger partial charge in [-0.15, -0.1) is 0 Å². The molecule has 258 valence electrons. The van der Waals surface area contributed by atoms with Gasteiger partial charge in [0.05, 0.1) is 11.0 Å². The molecule has 0 saturated carbocycles. The number of aromatic nitrogens is 5. The van der Waals surface area contributed by atoms with Crippen molar-refractivity contribution in [1.82, 2.24) is 24.5 Å². The molecule has 10 aromatic rings. The molecule has 0 spiro atoms. The first-order chi connectivity index (χ1) is 26.4. The Morgan fingerprint density at radius 1 is 0.463 bits per heavy atom. The number of hydrogen-bond donors (Lipinski definition) is 0. The third-order valence-electron chi connectivity index (χ3n) is 10.3. The number of nitrogens with zero attached hydrogens (tertiary/aromatic N) is 5. The van der Waals surface area contributed by atoms with Gasteiger partial charge >= 0.3 is 0 Å². The van der Waals surface area contributed by atoms with E-state index in [2.05, 4.69) is 122 Å². The fraction of sp³-hybridized carbons (Fsp3) is 0.0833. The molecule has 54 heavy (non-hydrogen) atoms. The van der Waals surface area contributed by atoms with Crippen molar-refractivity contribution in [1.29, 1.82) is 0 Å². The van der Waals surface area contributed by atoms with Gasteiger partial charge in [-0.3, -0.25) is 4.57 Å². The molecule has 10 rings (SSSR count). The molecule has 0 fully saturated rings. The highest BCUT2D eigenvalue weighted by Crippen LogP contribution is 2.39. The molecular weight excluding hydrogens is 663 g/mol. The highest BCUT2D eigenvalue weighted by atomic mass is 16.3. The van der Waals surface area contributed by atoms with Crippen molar-refractivity contribution in [3.63, 3.8) is 0 Å². The quantitative estimate of drug-likeness (QED) is 0.179. The molecule has 0 radical (unpaired) electrons. The van der Waals surface area contributed by atoms with Gasteiger partial charge in [0.25, 0.3) is 0 Å². The maximum absolute atomic E-state index is 6.45. The van der Waals surface area contributed by atoms with Crippen LogP contribution in [0.5, 0.6) is 0 Å². The van der Waals surface area contributed by atoms with Gasteiger partial charge in [-0.1, -0.05) is 148 Å². The van der Waals surface area contributed by atoms with Crippen molar-refractivity contribution >= 4 is 43.7 Å². The maximum atomic E-state index is 6.45. The smallest absolute Gasteiger partial charge is 0.182 e. The Hall–Kier alpha value is -6.92. The Balaban J connectivity index is 1.14. The minimum atomic E-state index is 0.0384. The highest BCUT2D eigenvalue weighted by molar-refractivity contribution is 6.12. The van der Waals surface area contributed by atoms with Crippen LogP contribution in [-0.4, -0.2) is 24.5 Å². The Morgan fingerprint density at radius 3 is 1.89 bits per heavy atom. The third-order valence-corrected chi connectivity index (χ3v) is 10.3. The molecule has 0 bridgehead atoms. The summed E-state index contributed by atoms with van der Waals surface area (Å²) in [5, 5.41) is 4.52. The molecule has 0 amide bonds.